The lowest BCUT2D eigenvalue weighted by Gasteiger charge is -2.06. The smallest absolute Gasteiger partial charge is 0.126 e. The van der Waals surface area contributed by atoms with E-state index >= 15 is 0 Å². The number of furan rings is 1. The van der Waals surface area contributed by atoms with E-state index in [-0.39, 0.29) is 0 Å². The van der Waals surface area contributed by atoms with Gasteiger partial charge in [-0.15, -0.1) is 0 Å². The molecule has 1 aromatic heterocycles. The van der Waals surface area contributed by atoms with E-state index in [1.807, 2.05) is 18.2 Å². The van der Waals surface area contributed by atoms with Gasteiger partial charge in [0.2, 0.25) is 0 Å². The molecule has 1 rings (SSSR count). The first kappa shape index (κ1) is 9.07. The molecule has 2 N–H and O–H groups in total. The van der Waals surface area contributed by atoms with E-state index in [1.165, 1.54) is 5.57 Å². The number of rotatable bonds is 3. The summed E-state index contributed by atoms with van der Waals surface area (Å²) in [7, 11) is 0. The molecule has 0 aliphatic carbocycles. The van der Waals surface area contributed by atoms with Crippen molar-refractivity contribution in [3.63, 3.8) is 0 Å². The van der Waals surface area contributed by atoms with Gasteiger partial charge in [-0.25, -0.2) is 0 Å². The lowest BCUT2D eigenvalue weighted by atomic mass is 10.0. The Labute approximate surface area is 73.1 Å². The Hall–Kier alpha value is -1.02. The fraction of sp³-hybridized carbons (Fsp3) is 0.400. The summed E-state index contributed by atoms with van der Waals surface area (Å²) in [5, 5.41) is 0. The summed E-state index contributed by atoms with van der Waals surface area (Å²) < 4.78 is 5.18. The maximum absolute atomic E-state index is 5.58. The van der Waals surface area contributed by atoms with Crippen LogP contribution < -0.4 is 5.73 Å². The minimum absolute atomic E-state index is 0.486. The summed E-state index contributed by atoms with van der Waals surface area (Å²) in [6.45, 7) is 4.85. The van der Waals surface area contributed by atoms with Gasteiger partial charge in [0.05, 0.1) is 6.26 Å². The van der Waals surface area contributed by atoms with Crippen LogP contribution in [0.1, 0.15) is 19.6 Å². The van der Waals surface area contributed by atoms with Gasteiger partial charge in [0, 0.05) is 6.54 Å². The highest BCUT2D eigenvalue weighted by Crippen LogP contribution is 2.13. The topological polar surface area (TPSA) is 39.2 Å². The predicted octanol–water partition coefficient (Wildman–Crippen LogP) is 2.28. The van der Waals surface area contributed by atoms with Gasteiger partial charge in [-0.05, 0) is 24.1 Å². The molecular weight excluding hydrogens is 150 g/mol. The Bertz CT molecular complexity index is 247. The molecule has 0 aliphatic heterocycles. The highest BCUT2D eigenvalue weighted by molar-refractivity contribution is 5.48. The number of nitrogens with two attached hydrogens (primary N) is 1. The minimum atomic E-state index is 0.486. The monoisotopic (exact) mass is 165 g/mol. The zero-order valence-electron chi connectivity index (χ0n) is 7.58. The molecule has 0 bridgehead atoms. The summed E-state index contributed by atoms with van der Waals surface area (Å²) >= 11 is 0. The normalized spacial score (nSPS) is 12.5. The molecule has 66 valence electrons. The molecule has 2 nitrogen and oxygen atoms in total. The van der Waals surface area contributed by atoms with E-state index < -0.39 is 0 Å². The fourth-order valence-electron chi connectivity index (χ4n) is 1.02. The first-order chi connectivity index (χ1) is 5.74. The third-order valence-electron chi connectivity index (χ3n) is 1.85. The van der Waals surface area contributed by atoms with Crippen LogP contribution in [0.4, 0.5) is 0 Å². The second-order valence-electron chi connectivity index (χ2n) is 3.09. The number of hydrogen-bond donors (Lipinski definition) is 1. The van der Waals surface area contributed by atoms with Crippen LogP contribution in [0.3, 0.4) is 0 Å². The van der Waals surface area contributed by atoms with Gasteiger partial charge >= 0.3 is 0 Å². The molecule has 0 saturated heterocycles. The van der Waals surface area contributed by atoms with Crippen LogP contribution in [0.25, 0.3) is 6.08 Å². The van der Waals surface area contributed by atoms with Gasteiger partial charge in [0.1, 0.15) is 5.76 Å². The van der Waals surface area contributed by atoms with E-state index in [1.54, 1.807) is 6.26 Å². The Kier molecular flexibility index (Phi) is 3.11. The van der Waals surface area contributed by atoms with Crippen molar-refractivity contribution < 1.29 is 4.42 Å². The Morgan fingerprint density at radius 3 is 2.83 bits per heavy atom. The molecule has 0 aliphatic rings. The minimum Gasteiger partial charge on any atom is -0.465 e. The standard InChI is InChI=1S/C10H15NO/c1-8(2)9(7-11)6-10-4-3-5-12-10/h3-6,8H,7,11H2,1-2H3/b9-6+. The second kappa shape index (κ2) is 4.12. The third kappa shape index (κ3) is 2.24. The SMILES string of the molecule is CC(C)/C(=C/c1ccco1)CN. The Balaban J connectivity index is 2.78. The van der Waals surface area contributed by atoms with Crippen molar-refractivity contribution in [3.05, 3.63) is 29.7 Å². The molecule has 0 amide bonds. The van der Waals surface area contributed by atoms with Gasteiger partial charge in [-0.2, -0.15) is 0 Å². The van der Waals surface area contributed by atoms with Gasteiger partial charge < -0.3 is 10.2 Å². The molecule has 12 heavy (non-hydrogen) atoms. The van der Waals surface area contributed by atoms with E-state index in [2.05, 4.69) is 13.8 Å². The average molecular weight is 165 g/mol. The van der Waals surface area contributed by atoms with Crippen LogP contribution in [0.5, 0.6) is 0 Å². The molecule has 0 radical (unpaired) electrons. The molecule has 0 saturated carbocycles. The highest BCUT2D eigenvalue weighted by atomic mass is 16.3. The third-order valence-corrected chi connectivity index (χ3v) is 1.85. The number of hydrogen-bond acceptors (Lipinski definition) is 2. The van der Waals surface area contributed by atoms with Crippen molar-refractivity contribution in [2.75, 3.05) is 6.54 Å². The average Bonchev–Trinajstić information content (AvgIpc) is 2.51. The second-order valence-corrected chi connectivity index (χ2v) is 3.09. The maximum atomic E-state index is 5.58. The van der Waals surface area contributed by atoms with Gasteiger partial charge in [0.25, 0.3) is 0 Å². The van der Waals surface area contributed by atoms with E-state index in [0.29, 0.717) is 12.5 Å². The van der Waals surface area contributed by atoms with E-state index in [9.17, 15) is 0 Å². The van der Waals surface area contributed by atoms with Gasteiger partial charge in [0.15, 0.2) is 0 Å². The lowest BCUT2D eigenvalue weighted by molar-refractivity contribution is 0.555. The van der Waals surface area contributed by atoms with Crippen LogP contribution in [-0.2, 0) is 0 Å². The Morgan fingerprint density at radius 2 is 2.42 bits per heavy atom. The molecule has 0 spiro atoms. The molecule has 1 aromatic rings. The predicted molar refractivity (Wildman–Crippen MR) is 50.6 cm³/mol. The van der Waals surface area contributed by atoms with Crippen LogP contribution >= 0.6 is 0 Å². The first-order valence-electron chi connectivity index (χ1n) is 4.18. The summed E-state index contributed by atoms with van der Waals surface area (Å²) in [4.78, 5) is 0. The molecule has 2 heteroatoms. The van der Waals surface area contributed by atoms with Gasteiger partial charge in [-0.3, -0.25) is 0 Å². The summed E-state index contributed by atoms with van der Waals surface area (Å²) in [5.41, 5.74) is 6.79. The Morgan fingerprint density at radius 1 is 1.67 bits per heavy atom. The van der Waals surface area contributed by atoms with Crippen molar-refractivity contribution in [1.82, 2.24) is 0 Å². The lowest BCUT2D eigenvalue weighted by Crippen LogP contribution is -2.07. The largest absolute Gasteiger partial charge is 0.465 e. The van der Waals surface area contributed by atoms with Crippen LogP contribution in [0.15, 0.2) is 28.4 Å². The van der Waals surface area contributed by atoms with Crippen molar-refractivity contribution in [1.29, 1.82) is 0 Å². The first-order valence-corrected chi connectivity index (χ1v) is 4.18. The van der Waals surface area contributed by atoms with E-state index in [4.69, 9.17) is 10.2 Å². The molecule has 0 unspecified atom stereocenters. The zero-order chi connectivity index (χ0) is 8.97. The molecule has 0 atom stereocenters. The van der Waals surface area contributed by atoms with Crippen LogP contribution in [0, 0.1) is 5.92 Å². The maximum Gasteiger partial charge on any atom is 0.126 e. The van der Waals surface area contributed by atoms with Crippen molar-refractivity contribution in [2.24, 2.45) is 11.7 Å². The summed E-state index contributed by atoms with van der Waals surface area (Å²) in [6.07, 6.45) is 3.67. The van der Waals surface area contributed by atoms with Crippen molar-refractivity contribution in [2.45, 2.75) is 13.8 Å². The van der Waals surface area contributed by atoms with E-state index in [0.717, 1.165) is 5.76 Å². The molecular formula is C10H15NO. The van der Waals surface area contributed by atoms with Crippen molar-refractivity contribution >= 4 is 6.08 Å². The summed E-state index contributed by atoms with van der Waals surface area (Å²) in [6, 6.07) is 3.80. The quantitative estimate of drug-likeness (QED) is 0.746. The van der Waals surface area contributed by atoms with Crippen molar-refractivity contribution in [3.8, 4) is 0 Å². The van der Waals surface area contributed by atoms with Crippen LogP contribution in [0.2, 0.25) is 0 Å². The molecule has 0 aromatic carbocycles. The van der Waals surface area contributed by atoms with Crippen LogP contribution in [-0.4, -0.2) is 6.54 Å². The molecule has 1 heterocycles. The summed E-state index contributed by atoms with van der Waals surface area (Å²) in [5.74, 6) is 1.37. The van der Waals surface area contributed by atoms with Gasteiger partial charge in [-0.1, -0.05) is 19.4 Å². The highest BCUT2D eigenvalue weighted by Gasteiger charge is 2.01. The zero-order valence-corrected chi connectivity index (χ0v) is 7.58. The molecule has 0 fully saturated rings. The fourth-order valence-corrected chi connectivity index (χ4v) is 1.02.